The fraction of sp³-hybridized carbons (Fsp3) is 0.357. The average molecular weight is 325 g/mol. The molecule has 2 aromatic rings. The lowest BCUT2D eigenvalue weighted by molar-refractivity contribution is -0.144. The van der Waals surface area contributed by atoms with E-state index in [-0.39, 0.29) is 18.4 Å². The molecule has 9 heteroatoms. The Labute approximate surface area is 129 Å². The number of aromatic nitrogens is 3. The number of halogens is 3. The molecule has 1 aliphatic heterocycles. The quantitative estimate of drug-likeness (QED) is 0.890. The van der Waals surface area contributed by atoms with E-state index in [1.54, 1.807) is 4.90 Å². The van der Waals surface area contributed by atoms with Crippen LogP contribution in [0.5, 0.6) is 0 Å². The first-order valence-electron chi connectivity index (χ1n) is 6.92. The minimum Gasteiger partial charge on any atom is -0.331 e. The molecule has 23 heavy (non-hydrogen) atoms. The lowest BCUT2D eigenvalue weighted by Gasteiger charge is -2.15. The van der Waals surface area contributed by atoms with E-state index in [9.17, 15) is 18.0 Å². The van der Waals surface area contributed by atoms with Gasteiger partial charge < -0.3 is 10.2 Å². The van der Waals surface area contributed by atoms with Gasteiger partial charge in [-0.2, -0.15) is 13.2 Å². The van der Waals surface area contributed by atoms with Crippen molar-refractivity contribution in [2.75, 3.05) is 0 Å². The molecule has 2 heterocycles. The largest absolute Gasteiger partial charge is 0.453 e. The number of benzene rings is 1. The molecular formula is C14H14F3N5O. The van der Waals surface area contributed by atoms with Crippen LogP contribution in [0.15, 0.2) is 18.2 Å². The van der Waals surface area contributed by atoms with E-state index >= 15 is 0 Å². The number of H-pyrrole nitrogens is 1. The third kappa shape index (κ3) is 3.27. The topological polar surface area (TPSA) is 73.9 Å². The summed E-state index contributed by atoms with van der Waals surface area (Å²) in [6, 6.07) is 5.62. The number of alkyl halides is 3. The maximum Gasteiger partial charge on any atom is 0.453 e. The number of carbonyl (C=O) groups excluding carboxylic acids is 1. The molecule has 1 aromatic heterocycles. The Bertz CT molecular complexity index is 740. The van der Waals surface area contributed by atoms with Crippen LogP contribution in [0.3, 0.4) is 0 Å². The van der Waals surface area contributed by atoms with E-state index in [4.69, 9.17) is 0 Å². The molecule has 122 valence electrons. The van der Waals surface area contributed by atoms with E-state index < -0.39 is 12.0 Å². The summed E-state index contributed by atoms with van der Waals surface area (Å²) in [5, 5.41) is 7.79. The van der Waals surface area contributed by atoms with Gasteiger partial charge in [-0.25, -0.2) is 9.78 Å². The van der Waals surface area contributed by atoms with Gasteiger partial charge in [-0.3, -0.25) is 5.10 Å². The van der Waals surface area contributed by atoms with Crippen LogP contribution in [-0.4, -0.2) is 26.1 Å². The van der Waals surface area contributed by atoms with Crippen LogP contribution < -0.4 is 5.32 Å². The van der Waals surface area contributed by atoms with Crippen molar-refractivity contribution in [1.29, 1.82) is 0 Å². The Morgan fingerprint density at radius 2 is 2.09 bits per heavy atom. The van der Waals surface area contributed by atoms with Gasteiger partial charge >= 0.3 is 12.2 Å². The highest BCUT2D eigenvalue weighted by molar-refractivity contribution is 5.75. The fourth-order valence-electron chi connectivity index (χ4n) is 2.44. The number of urea groups is 1. The highest BCUT2D eigenvalue weighted by atomic mass is 19.4. The maximum atomic E-state index is 12.4. The third-order valence-corrected chi connectivity index (χ3v) is 3.56. The van der Waals surface area contributed by atoms with Crippen molar-refractivity contribution in [1.82, 2.24) is 25.4 Å². The van der Waals surface area contributed by atoms with Gasteiger partial charge in [0, 0.05) is 13.1 Å². The second-order valence-corrected chi connectivity index (χ2v) is 5.39. The van der Waals surface area contributed by atoms with Crippen molar-refractivity contribution >= 4 is 6.03 Å². The summed E-state index contributed by atoms with van der Waals surface area (Å²) in [5.74, 6) is -1.29. The highest BCUT2D eigenvalue weighted by Gasteiger charge is 2.36. The summed E-state index contributed by atoms with van der Waals surface area (Å²) in [6.07, 6.45) is -4.60. The molecule has 3 rings (SSSR count). The smallest absolute Gasteiger partial charge is 0.331 e. The summed E-state index contributed by atoms with van der Waals surface area (Å²) in [6.45, 7) is 2.79. The standard InChI is InChI=1S/C14H14F3N5O/c1-8-2-3-9-6-22(7-10(9)4-8)13(23)18-5-11-19-12(21-20-11)14(15,16)17/h2-4H,5-7H2,1H3,(H,18,23)(H,19,20,21). The second-order valence-electron chi connectivity index (χ2n) is 5.39. The summed E-state index contributed by atoms with van der Waals surface area (Å²) in [7, 11) is 0. The molecule has 2 N–H and O–H groups in total. The highest BCUT2D eigenvalue weighted by Crippen LogP contribution is 2.26. The van der Waals surface area contributed by atoms with Crippen LogP contribution in [-0.2, 0) is 25.8 Å². The zero-order chi connectivity index (χ0) is 16.6. The van der Waals surface area contributed by atoms with Crippen LogP contribution in [0.2, 0.25) is 0 Å². The fourth-order valence-corrected chi connectivity index (χ4v) is 2.44. The first-order chi connectivity index (χ1) is 10.8. The number of aryl methyl sites for hydroxylation is 1. The number of aromatic amines is 1. The van der Waals surface area contributed by atoms with Crippen molar-refractivity contribution in [3.63, 3.8) is 0 Å². The number of amides is 2. The number of carbonyl (C=O) groups is 1. The van der Waals surface area contributed by atoms with E-state index in [2.05, 4.69) is 20.5 Å². The third-order valence-electron chi connectivity index (χ3n) is 3.56. The summed E-state index contributed by atoms with van der Waals surface area (Å²) in [4.78, 5) is 17.0. The molecule has 0 aliphatic carbocycles. The minimum absolute atomic E-state index is 0.0433. The molecule has 1 aromatic carbocycles. The monoisotopic (exact) mass is 325 g/mol. The molecule has 0 saturated heterocycles. The van der Waals surface area contributed by atoms with Crippen LogP contribution in [0.4, 0.5) is 18.0 Å². The van der Waals surface area contributed by atoms with Crippen LogP contribution >= 0.6 is 0 Å². The van der Waals surface area contributed by atoms with Crippen molar-refractivity contribution in [3.8, 4) is 0 Å². The van der Waals surface area contributed by atoms with Gasteiger partial charge in [0.05, 0.1) is 6.54 Å². The number of nitrogens with one attached hydrogen (secondary N) is 2. The zero-order valence-electron chi connectivity index (χ0n) is 12.2. The predicted molar refractivity (Wildman–Crippen MR) is 74.0 cm³/mol. The molecule has 0 bridgehead atoms. The Morgan fingerprint density at radius 1 is 1.35 bits per heavy atom. The number of hydrogen-bond acceptors (Lipinski definition) is 3. The van der Waals surface area contributed by atoms with E-state index in [0.29, 0.717) is 13.1 Å². The van der Waals surface area contributed by atoms with Gasteiger partial charge in [0.15, 0.2) is 0 Å². The molecule has 2 amide bonds. The van der Waals surface area contributed by atoms with Gasteiger partial charge in [-0.05, 0) is 18.1 Å². The van der Waals surface area contributed by atoms with Gasteiger partial charge in [0.2, 0.25) is 0 Å². The summed E-state index contributed by atoms with van der Waals surface area (Å²) < 4.78 is 37.2. The molecule has 1 aliphatic rings. The molecule has 0 saturated carbocycles. The summed E-state index contributed by atoms with van der Waals surface area (Å²) in [5.41, 5.74) is 3.27. The SMILES string of the molecule is Cc1ccc2c(c1)CN(C(=O)NCc1nc(C(F)(F)F)n[nH]1)C2. The Hall–Kier alpha value is -2.58. The van der Waals surface area contributed by atoms with Gasteiger partial charge in [-0.1, -0.05) is 23.8 Å². The molecular weight excluding hydrogens is 311 g/mol. The maximum absolute atomic E-state index is 12.4. The Balaban J connectivity index is 1.58. The van der Waals surface area contributed by atoms with Crippen molar-refractivity contribution in [2.24, 2.45) is 0 Å². The van der Waals surface area contributed by atoms with Crippen LogP contribution in [0, 0.1) is 6.92 Å². The van der Waals surface area contributed by atoms with E-state index in [1.807, 2.05) is 25.1 Å². The van der Waals surface area contributed by atoms with Crippen LogP contribution in [0.1, 0.15) is 28.3 Å². The van der Waals surface area contributed by atoms with Gasteiger partial charge in [-0.15, -0.1) is 5.10 Å². The molecule has 0 spiro atoms. The number of rotatable bonds is 2. The minimum atomic E-state index is -4.60. The van der Waals surface area contributed by atoms with Gasteiger partial charge in [0.25, 0.3) is 5.82 Å². The summed E-state index contributed by atoms with van der Waals surface area (Å²) >= 11 is 0. The zero-order valence-corrected chi connectivity index (χ0v) is 12.2. The second kappa shape index (κ2) is 5.56. The molecule has 6 nitrogen and oxygen atoms in total. The number of fused-ring (bicyclic) bond motifs is 1. The van der Waals surface area contributed by atoms with Crippen molar-refractivity contribution < 1.29 is 18.0 Å². The Morgan fingerprint density at radius 3 is 2.78 bits per heavy atom. The normalized spacial score (nSPS) is 14.0. The van der Waals surface area contributed by atoms with E-state index in [0.717, 1.165) is 16.7 Å². The molecule has 0 unspecified atom stereocenters. The van der Waals surface area contributed by atoms with Crippen LogP contribution in [0.25, 0.3) is 0 Å². The number of hydrogen-bond donors (Lipinski definition) is 2. The lowest BCUT2D eigenvalue weighted by Crippen LogP contribution is -2.36. The number of nitrogens with zero attached hydrogens (tertiary/aromatic N) is 3. The lowest BCUT2D eigenvalue weighted by atomic mass is 10.1. The van der Waals surface area contributed by atoms with Crippen molar-refractivity contribution in [3.05, 3.63) is 46.5 Å². The first-order valence-corrected chi connectivity index (χ1v) is 6.92. The average Bonchev–Trinajstić information content (AvgIpc) is 3.10. The van der Waals surface area contributed by atoms with Gasteiger partial charge in [0.1, 0.15) is 5.82 Å². The predicted octanol–water partition coefficient (Wildman–Crippen LogP) is 2.36. The molecule has 0 radical (unpaired) electrons. The Kier molecular flexibility index (Phi) is 3.70. The molecule has 0 atom stereocenters. The van der Waals surface area contributed by atoms with Crippen molar-refractivity contribution in [2.45, 2.75) is 32.7 Å². The molecule has 0 fully saturated rings. The van der Waals surface area contributed by atoms with E-state index in [1.165, 1.54) is 0 Å². The first kappa shape index (κ1) is 15.3.